The van der Waals surface area contributed by atoms with Crippen molar-refractivity contribution in [2.75, 3.05) is 0 Å². The van der Waals surface area contributed by atoms with E-state index in [9.17, 15) is 4.79 Å². The van der Waals surface area contributed by atoms with Crippen molar-refractivity contribution in [1.29, 1.82) is 0 Å². The first-order valence-electron chi connectivity index (χ1n) is 4.46. The lowest BCUT2D eigenvalue weighted by Crippen LogP contribution is -2.28. The first kappa shape index (κ1) is 11.4. The van der Waals surface area contributed by atoms with Crippen LogP contribution in [0.2, 0.25) is 0 Å². The first-order chi connectivity index (χ1) is 5.27. The van der Waals surface area contributed by atoms with Gasteiger partial charge in [0.2, 0.25) is 0 Å². The second-order valence-corrected chi connectivity index (χ2v) is 4.54. The van der Waals surface area contributed by atoms with Gasteiger partial charge >= 0.3 is 0 Å². The summed E-state index contributed by atoms with van der Waals surface area (Å²) in [4.78, 5) is 11.7. The Morgan fingerprint density at radius 2 is 1.83 bits per heavy atom. The maximum absolute atomic E-state index is 11.7. The maximum atomic E-state index is 11.7. The monoisotopic (exact) mass is 168 g/mol. The molecule has 0 atom stereocenters. The van der Waals surface area contributed by atoms with Crippen LogP contribution in [0.4, 0.5) is 0 Å². The Balaban J connectivity index is 4.39. The number of carbonyl (C=O) groups excluding carboxylic acids is 1. The molecular formula is C11H20O. The van der Waals surface area contributed by atoms with Crippen LogP contribution >= 0.6 is 0 Å². The number of ketones is 1. The molecule has 0 aliphatic heterocycles. The van der Waals surface area contributed by atoms with Crippen molar-refractivity contribution in [3.63, 3.8) is 0 Å². The predicted octanol–water partition coefficient (Wildman–Crippen LogP) is 3.20. The summed E-state index contributed by atoms with van der Waals surface area (Å²) in [5.41, 5.74) is 0.842. The molecule has 1 nitrogen and oxygen atoms in total. The molecule has 0 aliphatic carbocycles. The minimum atomic E-state index is -0.236. The van der Waals surface area contributed by atoms with Gasteiger partial charge in [-0.25, -0.2) is 0 Å². The fourth-order valence-corrected chi connectivity index (χ4v) is 1.62. The van der Waals surface area contributed by atoms with E-state index >= 15 is 0 Å². The van der Waals surface area contributed by atoms with Crippen LogP contribution < -0.4 is 0 Å². The lowest BCUT2D eigenvalue weighted by atomic mass is 9.78. The van der Waals surface area contributed by atoms with Crippen molar-refractivity contribution in [2.45, 2.75) is 41.0 Å². The van der Waals surface area contributed by atoms with Gasteiger partial charge in [-0.15, -0.1) is 6.58 Å². The molecule has 0 radical (unpaired) electrons. The Morgan fingerprint density at radius 3 is 2.08 bits per heavy atom. The molecule has 0 aromatic carbocycles. The molecule has 0 rings (SSSR count). The van der Waals surface area contributed by atoms with E-state index in [0.29, 0.717) is 5.78 Å². The molecule has 0 N–H and O–H groups in total. The van der Waals surface area contributed by atoms with Crippen LogP contribution in [0, 0.1) is 11.3 Å². The van der Waals surface area contributed by atoms with Crippen LogP contribution in [0.1, 0.15) is 41.0 Å². The summed E-state index contributed by atoms with van der Waals surface area (Å²) in [6, 6.07) is 0. The van der Waals surface area contributed by atoms with Gasteiger partial charge < -0.3 is 0 Å². The molecule has 0 aromatic heterocycles. The zero-order valence-corrected chi connectivity index (χ0v) is 8.90. The summed E-state index contributed by atoms with van der Waals surface area (Å²) in [7, 11) is 0. The molecule has 0 saturated heterocycles. The Bertz CT molecular complexity index is 187. The van der Waals surface area contributed by atoms with E-state index in [4.69, 9.17) is 0 Å². The van der Waals surface area contributed by atoms with Crippen molar-refractivity contribution in [1.82, 2.24) is 0 Å². The van der Waals surface area contributed by atoms with E-state index in [1.807, 2.05) is 34.6 Å². The average Bonchev–Trinajstić information content (AvgIpc) is 1.82. The van der Waals surface area contributed by atoms with Gasteiger partial charge in [-0.1, -0.05) is 33.3 Å². The second kappa shape index (κ2) is 3.88. The van der Waals surface area contributed by atoms with Crippen molar-refractivity contribution in [2.24, 2.45) is 11.3 Å². The highest BCUT2D eigenvalue weighted by molar-refractivity contribution is 5.85. The van der Waals surface area contributed by atoms with Crippen LogP contribution in [0.15, 0.2) is 12.2 Å². The van der Waals surface area contributed by atoms with Gasteiger partial charge in [0.25, 0.3) is 0 Å². The molecule has 0 aromatic rings. The summed E-state index contributed by atoms with van der Waals surface area (Å²) in [6.45, 7) is 13.7. The number of hydrogen-bond donors (Lipinski definition) is 0. The highest BCUT2D eigenvalue weighted by Gasteiger charge is 2.28. The third-order valence-electron chi connectivity index (χ3n) is 1.94. The lowest BCUT2D eigenvalue weighted by molar-refractivity contribution is -0.130. The number of hydrogen-bond acceptors (Lipinski definition) is 1. The first-order valence-corrected chi connectivity index (χ1v) is 4.46. The van der Waals surface area contributed by atoms with Crippen LogP contribution in [0.25, 0.3) is 0 Å². The van der Waals surface area contributed by atoms with Crippen LogP contribution in [-0.2, 0) is 4.79 Å². The van der Waals surface area contributed by atoms with Gasteiger partial charge in [-0.2, -0.15) is 0 Å². The van der Waals surface area contributed by atoms with Crippen molar-refractivity contribution < 1.29 is 4.79 Å². The van der Waals surface area contributed by atoms with Crippen molar-refractivity contribution >= 4 is 5.78 Å². The zero-order valence-electron chi connectivity index (χ0n) is 8.90. The third kappa shape index (κ3) is 3.21. The molecule has 0 saturated carbocycles. The minimum Gasteiger partial charge on any atom is -0.299 e. The normalized spacial score (nSPS) is 11.8. The Hall–Kier alpha value is -0.590. The van der Waals surface area contributed by atoms with Crippen LogP contribution in [-0.4, -0.2) is 5.78 Å². The zero-order chi connectivity index (χ0) is 9.94. The summed E-state index contributed by atoms with van der Waals surface area (Å²) in [5.74, 6) is 0.449. The molecule has 1 heteroatoms. The molecule has 0 fully saturated rings. The SMILES string of the molecule is C=C(C)CC(C)(C)C(=O)C(C)C. The molecule has 0 heterocycles. The minimum absolute atomic E-state index is 0.124. The van der Waals surface area contributed by atoms with Crippen LogP contribution in [0.5, 0.6) is 0 Å². The molecule has 0 spiro atoms. The summed E-state index contributed by atoms with van der Waals surface area (Å²) >= 11 is 0. The molecule has 0 aliphatic rings. The Morgan fingerprint density at radius 1 is 1.42 bits per heavy atom. The number of Topliss-reactive ketones (excluding diaryl/α,β-unsaturated/α-hetero) is 1. The highest BCUT2D eigenvalue weighted by Crippen LogP contribution is 2.28. The lowest BCUT2D eigenvalue weighted by Gasteiger charge is -2.25. The van der Waals surface area contributed by atoms with Crippen molar-refractivity contribution in [3.8, 4) is 0 Å². The Kier molecular flexibility index (Phi) is 3.69. The van der Waals surface area contributed by atoms with E-state index in [0.717, 1.165) is 12.0 Å². The van der Waals surface area contributed by atoms with Gasteiger partial charge in [-0.3, -0.25) is 4.79 Å². The molecule has 0 amide bonds. The van der Waals surface area contributed by atoms with E-state index in [2.05, 4.69) is 6.58 Å². The summed E-state index contributed by atoms with van der Waals surface area (Å²) < 4.78 is 0. The average molecular weight is 168 g/mol. The molecule has 0 unspecified atom stereocenters. The largest absolute Gasteiger partial charge is 0.299 e. The van der Waals surface area contributed by atoms with E-state index in [1.165, 1.54) is 0 Å². The smallest absolute Gasteiger partial charge is 0.141 e. The van der Waals surface area contributed by atoms with Gasteiger partial charge in [0.05, 0.1) is 0 Å². The van der Waals surface area contributed by atoms with Gasteiger partial charge in [0.1, 0.15) is 5.78 Å². The highest BCUT2D eigenvalue weighted by atomic mass is 16.1. The second-order valence-electron chi connectivity index (χ2n) is 4.54. The van der Waals surface area contributed by atoms with Gasteiger partial charge in [0, 0.05) is 11.3 Å². The number of carbonyl (C=O) groups is 1. The maximum Gasteiger partial charge on any atom is 0.141 e. The quantitative estimate of drug-likeness (QED) is 0.589. The van der Waals surface area contributed by atoms with Gasteiger partial charge in [-0.05, 0) is 13.3 Å². The third-order valence-corrected chi connectivity index (χ3v) is 1.94. The number of allylic oxidation sites excluding steroid dienone is 1. The molecule has 12 heavy (non-hydrogen) atoms. The molecule has 70 valence electrons. The van der Waals surface area contributed by atoms with E-state index in [-0.39, 0.29) is 11.3 Å². The number of rotatable bonds is 4. The van der Waals surface area contributed by atoms with Crippen molar-refractivity contribution in [3.05, 3.63) is 12.2 Å². The van der Waals surface area contributed by atoms with Gasteiger partial charge in [0.15, 0.2) is 0 Å². The van der Waals surface area contributed by atoms with E-state index < -0.39 is 0 Å². The molecule has 0 bridgehead atoms. The fourth-order valence-electron chi connectivity index (χ4n) is 1.62. The molecular weight excluding hydrogens is 148 g/mol. The van der Waals surface area contributed by atoms with E-state index in [1.54, 1.807) is 0 Å². The topological polar surface area (TPSA) is 17.1 Å². The summed E-state index contributed by atoms with van der Waals surface area (Å²) in [5, 5.41) is 0. The van der Waals surface area contributed by atoms with Crippen LogP contribution in [0.3, 0.4) is 0 Å². The summed E-state index contributed by atoms with van der Waals surface area (Å²) in [6.07, 6.45) is 0.796. The fraction of sp³-hybridized carbons (Fsp3) is 0.727. The predicted molar refractivity (Wildman–Crippen MR) is 53.1 cm³/mol. The standard InChI is InChI=1S/C11H20O/c1-8(2)7-11(5,6)10(12)9(3)4/h9H,1,7H2,2-6H3. The Labute approximate surface area is 75.9 Å².